The van der Waals surface area contributed by atoms with Gasteiger partial charge in [-0.1, -0.05) is 23.7 Å². The van der Waals surface area contributed by atoms with Gasteiger partial charge in [0, 0.05) is 31.6 Å². The standard InChI is InChI=1S/C16H18ClN5O3/c1-11-19-15(22(24)25)9-20(11)10-16(23)21-6-5-18-8-14(21)12-3-2-4-13(17)7-12/h2-4,7,9,14,18H,5-6,8,10H2,1H3. The van der Waals surface area contributed by atoms with Crippen LogP contribution >= 0.6 is 11.6 Å². The summed E-state index contributed by atoms with van der Waals surface area (Å²) >= 11 is 6.07. The number of carbonyl (C=O) groups is 1. The second kappa shape index (κ2) is 7.20. The summed E-state index contributed by atoms with van der Waals surface area (Å²) in [4.78, 5) is 28.7. The van der Waals surface area contributed by atoms with Gasteiger partial charge >= 0.3 is 5.82 Å². The highest BCUT2D eigenvalue weighted by Gasteiger charge is 2.29. The molecule has 0 saturated carbocycles. The van der Waals surface area contributed by atoms with Crippen LogP contribution in [-0.4, -0.2) is 44.9 Å². The van der Waals surface area contributed by atoms with Crippen molar-refractivity contribution in [2.45, 2.75) is 19.5 Å². The Balaban J connectivity index is 1.80. The SMILES string of the molecule is Cc1nc([N+](=O)[O-])cn1CC(=O)N1CCNCC1c1cccc(Cl)c1. The zero-order valence-electron chi connectivity index (χ0n) is 13.7. The number of rotatable bonds is 4. The number of imidazole rings is 1. The number of carbonyl (C=O) groups excluding carboxylic acids is 1. The van der Waals surface area contributed by atoms with Crippen LogP contribution in [0, 0.1) is 17.0 Å². The highest BCUT2D eigenvalue weighted by Crippen LogP contribution is 2.25. The van der Waals surface area contributed by atoms with E-state index in [9.17, 15) is 14.9 Å². The molecule has 1 saturated heterocycles. The predicted octanol–water partition coefficient (Wildman–Crippen LogP) is 1.93. The van der Waals surface area contributed by atoms with Crippen molar-refractivity contribution in [3.8, 4) is 0 Å². The molecule has 9 heteroatoms. The van der Waals surface area contributed by atoms with E-state index in [2.05, 4.69) is 10.3 Å². The molecule has 0 aliphatic carbocycles. The van der Waals surface area contributed by atoms with Crippen molar-refractivity contribution in [1.82, 2.24) is 19.8 Å². The number of hydrogen-bond donors (Lipinski definition) is 1. The fourth-order valence-electron chi connectivity index (χ4n) is 2.99. The second-order valence-electron chi connectivity index (χ2n) is 5.89. The zero-order valence-corrected chi connectivity index (χ0v) is 14.4. The number of nitrogens with zero attached hydrogens (tertiary/aromatic N) is 4. The van der Waals surface area contributed by atoms with Crippen molar-refractivity contribution in [2.75, 3.05) is 19.6 Å². The molecule has 8 nitrogen and oxygen atoms in total. The van der Waals surface area contributed by atoms with Gasteiger partial charge in [-0.3, -0.25) is 9.36 Å². The molecule has 0 radical (unpaired) electrons. The van der Waals surface area contributed by atoms with Gasteiger partial charge in [0.2, 0.25) is 11.7 Å². The summed E-state index contributed by atoms with van der Waals surface area (Å²) in [6.07, 6.45) is 1.30. The first-order valence-electron chi connectivity index (χ1n) is 7.89. The molecule has 0 bridgehead atoms. The van der Waals surface area contributed by atoms with Gasteiger partial charge < -0.3 is 20.3 Å². The summed E-state index contributed by atoms with van der Waals surface area (Å²) in [6.45, 7) is 3.56. The van der Waals surface area contributed by atoms with E-state index in [1.54, 1.807) is 17.9 Å². The van der Waals surface area contributed by atoms with E-state index in [1.165, 1.54) is 10.8 Å². The van der Waals surface area contributed by atoms with Crippen LogP contribution in [0.3, 0.4) is 0 Å². The van der Waals surface area contributed by atoms with Crippen LogP contribution in [0.1, 0.15) is 17.4 Å². The fourth-order valence-corrected chi connectivity index (χ4v) is 3.19. The predicted molar refractivity (Wildman–Crippen MR) is 92.4 cm³/mol. The Morgan fingerprint density at radius 2 is 2.32 bits per heavy atom. The highest BCUT2D eigenvalue weighted by atomic mass is 35.5. The minimum absolute atomic E-state index is 0.0176. The van der Waals surface area contributed by atoms with E-state index in [0.29, 0.717) is 30.5 Å². The van der Waals surface area contributed by atoms with Crippen LogP contribution < -0.4 is 5.32 Å². The number of nitrogens with one attached hydrogen (secondary N) is 1. The fraction of sp³-hybridized carbons (Fsp3) is 0.375. The van der Waals surface area contributed by atoms with Gasteiger partial charge in [0.05, 0.1) is 6.04 Å². The average Bonchev–Trinajstić information content (AvgIpc) is 2.96. The lowest BCUT2D eigenvalue weighted by molar-refractivity contribution is -0.389. The maximum atomic E-state index is 12.8. The van der Waals surface area contributed by atoms with Gasteiger partial charge in [-0.2, -0.15) is 0 Å². The third kappa shape index (κ3) is 3.80. The summed E-state index contributed by atoms with van der Waals surface area (Å²) in [5, 5.41) is 14.7. The minimum Gasteiger partial charge on any atom is -0.358 e. The molecule has 1 unspecified atom stereocenters. The lowest BCUT2D eigenvalue weighted by atomic mass is 10.0. The molecule has 1 aromatic carbocycles. The molecule has 3 rings (SSSR count). The minimum atomic E-state index is -0.562. The number of piperazine rings is 1. The van der Waals surface area contributed by atoms with Crippen LogP contribution in [0.5, 0.6) is 0 Å². The van der Waals surface area contributed by atoms with Crippen LogP contribution in [0.15, 0.2) is 30.5 Å². The molecule has 1 fully saturated rings. The molecule has 1 aromatic heterocycles. The molecule has 1 atom stereocenters. The number of benzene rings is 1. The summed E-state index contributed by atoms with van der Waals surface area (Å²) < 4.78 is 1.51. The van der Waals surface area contributed by atoms with Gasteiger partial charge in [-0.15, -0.1) is 0 Å². The Labute approximate surface area is 149 Å². The first-order chi connectivity index (χ1) is 12.0. The number of aromatic nitrogens is 2. The highest BCUT2D eigenvalue weighted by molar-refractivity contribution is 6.30. The number of aryl methyl sites for hydroxylation is 1. The molecule has 132 valence electrons. The Bertz CT molecular complexity index is 807. The van der Waals surface area contributed by atoms with Gasteiger partial charge in [0.15, 0.2) is 0 Å². The van der Waals surface area contributed by atoms with Crippen molar-refractivity contribution in [3.63, 3.8) is 0 Å². The number of amides is 1. The van der Waals surface area contributed by atoms with Gasteiger partial charge in [0.25, 0.3) is 0 Å². The van der Waals surface area contributed by atoms with E-state index >= 15 is 0 Å². The third-order valence-corrected chi connectivity index (χ3v) is 4.49. The molecule has 2 aromatic rings. The normalized spacial score (nSPS) is 17.5. The number of hydrogen-bond acceptors (Lipinski definition) is 5. The van der Waals surface area contributed by atoms with E-state index in [1.807, 2.05) is 18.2 Å². The van der Waals surface area contributed by atoms with Gasteiger partial charge in [0.1, 0.15) is 12.7 Å². The molecular formula is C16H18ClN5O3. The van der Waals surface area contributed by atoms with Crippen molar-refractivity contribution >= 4 is 23.3 Å². The number of nitro groups is 1. The zero-order chi connectivity index (χ0) is 18.0. The second-order valence-corrected chi connectivity index (χ2v) is 6.33. The molecule has 1 amide bonds. The van der Waals surface area contributed by atoms with Crippen molar-refractivity contribution in [1.29, 1.82) is 0 Å². The Hall–Kier alpha value is -2.45. The summed E-state index contributed by atoms with van der Waals surface area (Å²) in [6, 6.07) is 7.32. The summed E-state index contributed by atoms with van der Waals surface area (Å²) in [5.74, 6) is 0.0772. The van der Waals surface area contributed by atoms with Crippen LogP contribution in [0.4, 0.5) is 5.82 Å². The maximum Gasteiger partial charge on any atom is 0.381 e. The Kier molecular flexibility index (Phi) is 5.00. The summed E-state index contributed by atoms with van der Waals surface area (Å²) in [5.41, 5.74) is 0.960. The van der Waals surface area contributed by atoms with Crippen molar-refractivity contribution < 1.29 is 9.72 Å². The summed E-state index contributed by atoms with van der Waals surface area (Å²) in [7, 11) is 0. The smallest absolute Gasteiger partial charge is 0.358 e. The maximum absolute atomic E-state index is 12.8. The number of halogens is 1. The molecule has 1 N–H and O–H groups in total. The van der Waals surface area contributed by atoms with Crippen LogP contribution in [0.2, 0.25) is 5.02 Å². The first kappa shape index (κ1) is 17.4. The molecule has 1 aliphatic heterocycles. The van der Waals surface area contributed by atoms with Crippen LogP contribution in [-0.2, 0) is 11.3 Å². The van der Waals surface area contributed by atoms with E-state index in [4.69, 9.17) is 11.6 Å². The average molecular weight is 364 g/mol. The molecule has 2 heterocycles. The van der Waals surface area contributed by atoms with Gasteiger partial charge in [-0.25, -0.2) is 0 Å². The quantitative estimate of drug-likeness (QED) is 0.661. The Morgan fingerprint density at radius 1 is 1.52 bits per heavy atom. The van der Waals surface area contributed by atoms with Crippen LogP contribution in [0.25, 0.3) is 0 Å². The first-order valence-corrected chi connectivity index (χ1v) is 8.27. The monoisotopic (exact) mass is 363 g/mol. The van der Waals surface area contributed by atoms with E-state index in [0.717, 1.165) is 5.56 Å². The molecule has 1 aliphatic rings. The lowest BCUT2D eigenvalue weighted by Crippen LogP contribution is -2.49. The Morgan fingerprint density at radius 3 is 3.00 bits per heavy atom. The lowest BCUT2D eigenvalue weighted by Gasteiger charge is -2.36. The molecular weight excluding hydrogens is 346 g/mol. The molecule has 25 heavy (non-hydrogen) atoms. The van der Waals surface area contributed by atoms with E-state index < -0.39 is 4.92 Å². The van der Waals surface area contributed by atoms with E-state index in [-0.39, 0.29) is 24.3 Å². The largest absolute Gasteiger partial charge is 0.381 e. The van der Waals surface area contributed by atoms with Crippen molar-refractivity contribution in [3.05, 3.63) is 57.0 Å². The third-order valence-electron chi connectivity index (χ3n) is 4.25. The topological polar surface area (TPSA) is 93.3 Å². The van der Waals surface area contributed by atoms with Gasteiger partial charge in [-0.05, 0) is 27.6 Å². The van der Waals surface area contributed by atoms with Crippen molar-refractivity contribution in [2.24, 2.45) is 0 Å². The molecule has 0 spiro atoms.